The summed E-state index contributed by atoms with van der Waals surface area (Å²) in [6.07, 6.45) is 7.50. The Balaban J connectivity index is 1.59. The quantitative estimate of drug-likeness (QED) is 0.863. The highest BCUT2D eigenvalue weighted by Crippen LogP contribution is 2.50. The highest BCUT2D eigenvalue weighted by Gasteiger charge is 2.57. The number of rotatable bonds is 3. The van der Waals surface area contributed by atoms with Crippen LogP contribution in [0.2, 0.25) is 0 Å². The summed E-state index contributed by atoms with van der Waals surface area (Å²) in [5.41, 5.74) is -0.592. The van der Waals surface area contributed by atoms with E-state index in [0.29, 0.717) is 11.8 Å². The van der Waals surface area contributed by atoms with Crippen LogP contribution in [0, 0.1) is 23.7 Å². The predicted molar refractivity (Wildman–Crippen MR) is 79.4 cm³/mol. The van der Waals surface area contributed by atoms with Crippen LogP contribution < -0.4 is 5.32 Å². The fourth-order valence-electron chi connectivity index (χ4n) is 5.16. The molecule has 116 valence electrons. The number of hydrogen-bond acceptors (Lipinski definition) is 2. The number of nitrogens with one attached hydrogen (secondary N) is 1. The van der Waals surface area contributed by atoms with Gasteiger partial charge in [-0.05, 0) is 69.6 Å². The molecule has 0 spiro atoms. The smallest absolute Gasteiger partial charge is 0.246 e. The van der Waals surface area contributed by atoms with Crippen LogP contribution in [0.3, 0.4) is 0 Å². The van der Waals surface area contributed by atoms with Gasteiger partial charge in [-0.2, -0.15) is 0 Å². The van der Waals surface area contributed by atoms with Crippen molar-refractivity contribution in [3.05, 3.63) is 0 Å². The molecule has 3 saturated carbocycles. The molecular weight excluding hydrogens is 264 g/mol. The lowest BCUT2D eigenvalue weighted by molar-refractivity contribution is -0.158. The first-order valence-corrected chi connectivity index (χ1v) is 8.62. The number of fused-ring (bicyclic) bond motifs is 2. The number of nitrogens with zero attached hydrogens (tertiary/aromatic N) is 1. The molecule has 4 heteroatoms. The Morgan fingerprint density at radius 2 is 1.95 bits per heavy atom. The number of amides is 2. The monoisotopic (exact) mass is 290 g/mol. The summed E-state index contributed by atoms with van der Waals surface area (Å²) < 4.78 is 0. The van der Waals surface area contributed by atoms with Crippen LogP contribution in [0.1, 0.15) is 52.4 Å². The molecule has 2 bridgehead atoms. The molecule has 1 aliphatic heterocycles. The van der Waals surface area contributed by atoms with Gasteiger partial charge in [0.25, 0.3) is 0 Å². The summed E-state index contributed by atoms with van der Waals surface area (Å²) in [7, 11) is 0. The van der Waals surface area contributed by atoms with Gasteiger partial charge in [-0.1, -0.05) is 6.42 Å². The van der Waals surface area contributed by atoms with Crippen molar-refractivity contribution in [3.63, 3.8) is 0 Å². The van der Waals surface area contributed by atoms with Gasteiger partial charge in [-0.15, -0.1) is 0 Å². The van der Waals surface area contributed by atoms with Crippen molar-refractivity contribution in [2.24, 2.45) is 23.7 Å². The van der Waals surface area contributed by atoms with Gasteiger partial charge >= 0.3 is 0 Å². The Morgan fingerprint density at radius 3 is 2.52 bits per heavy atom. The molecule has 1 N–H and O–H groups in total. The van der Waals surface area contributed by atoms with E-state index >= 15 is 0 Å². The molecule has 0 aromatic heterocycles. The van der Waals surface area contributed by atoms with Gasteiger partial charge in [0.15, 0.2) is 0 Å². The Morgan fingerprint density at radius 1 is 1.19 bits per heavy atom. The zero-order valence-corrected chi connectivity index (χ0v) is 13.1. The molecule has 1 saturated heterocycles. The van der Waals surface area contributed by atoms with Gasteiger partial charge in [0.1, 0.15) is 11.6 Å². The number of piperazine rings is 1. The second-order valence-corrected chi connectivity index (χ2v) is 8.00. The lowest BCUT2D eigenvalue weighted by Crippen LogP contribution is -2.70. The minimum atomic E-state index is -0.592. The first-order valence-electron chi connectivity index (χ1n) is 8.62. The van der Waals surface area contributed by atoms with Crippen LogP contribution in [0.25, 0.3) is 0 Å². The molecule has 4 nitrogen and oxygen atoms in total. The highest BCUT2D eigenvalue weighted by atomic mass is 16.2. The van der Waals surface area contributed by atoms with Crippen LogP contribution >= 0.6 is 0 Å². The van der Waals surface area contributed by atoms with Crippen molar-refractivity contribution >= 4 is 11.8 Å². The Kier molecular flexibility index (Phi) is 2.89. The maximum absolute atomic E-state index is 12.7. The van der Waals surface area contributed by atoms with Crippen molar-refractivity contribution in [1.29, 1.82) is 0 Å². The Bertz CT molecular complexity index is 487. The molecule has 1 heterocycles. The average molecular weight is 290 g/mol. The highest BCUT2D eigenvalue weighted by molar-refractivity contribution is 5.99. The lowest BCUT2D eigenvalue weighted by atomic mass is 9.83. The van der Waals surface area contributed by atoms with E-state index in [9.17, 15) is 9.59 Å². The number of hydrogen-bond donors (Lipinski definition) is 1. The Labute approximate surface area is 126 Å². The van der Waals surface area contributed by atoms with E-state index in [2.05, 4.69) is 5.32 Å². The van der Waals surface area contributed by atoms with Crippen molar-refractivity contribution < 1.29 is 9.59 Å². The molecule has 21 heavy (non-hydrogen) atoms. The standard InChI is InChI=1S/C17H26N2O2/c1-10-15(20)19(9-13-8-11-3-4-12(13)7-11)17(2,14-5-6-14)16(21)18-10/h10-14H,3-9H2,1-2H3,(H,18,21). The summed E-state index contributed by atoms with van der Waals surface area (Å²) in [6, 6.07) is -0.358. The summed E-state index contributed by atoms with van der Waals surface area (Å²) >= 11 is 0. The van der Waals surface area contributed by atoms with Gasteiger partial charge < -0.3 is 10.2 Å². The van der Waals surface area contributed by atoms with E-state index in [1.54, 1.807) is 0 Å². The minimum Gasteiger partial charge on any atom is -0.343 e. The number of carbonyl (C=O) groups is 2. The van der Waals surface area contributed by atoms with Crippen LogP contribution in [0.4, 0.5) is 0 Å². The fourth-order valence-corrected chi connectivity index (χ4v) is 5.16. The third-order valence-corrected chi connectivity index (χ3v) is 6.68. The van der Waals surface area contributed by atoms with E-state index in [4.69, 9.17) is 0 Å². The molecule has 0 radical (unpaired) electrons. The van der Waals surface area contributed by atoms with E-state index in [1.165, 1.54) is 25.7 Å². The van der Waals surface area contributed by atoms with E-state index in [1.807, 2.05) is 18.7 Å². The zero-order valence-electron chi connectivity index (χ0n) is 13.1. The van der Waals surface area contributed by atoms with Crippen molar-refractivity contribution in [2.75, 3.05) is 6.54 Å². The SMILES string of the molecule is CC1NC(=O)C(C)(C2CC2)N(CC2CC3CCC2C3)C1=O. The molecular formula is C17H26N2O2. The first kappa shape index (κ1) is 13.6. The largest absolute Gasteiger partial charge is 0.343 e. The first-order chi connectivity index (χ1) is 10.00. The van der Waals surface area contributed by atoms with Gasteiger partial charge in [0, 0.05) is 6.54 Å². The molecule has 4 rings (SSSR count). The molecule has 4 aliphatic rings. The van der Waals surface area contributed by atoms with E-state index in [-0.39, 0.29) is 17.9 Å². The predicted octanol–water partition coefficient (Wildman–Crippen LogP) is 1.94. The molecule has 4 fully saturated rings. The maximum Gasteiger partial charge on any atom is 0.246 e. The molecule has 2 amide bonds. The van der Waals surface area contributed by atoms with Crippen molar-refractivity contribution in [2.45, 2.75) is 64.0 Å². The normalized spacial score (nSPS) is 46.1. The maximum atomic E-state index is 12.7. The second-order valence-electron chi connectivity index (χ2n) is 8.00. The van der Waals surface area contributed by atoms with Gasteiger partial charge in [0.05, 0.1) is 0 Å². The van der Waals surface area contributed by atoms with Gasteiger partial charge in [-0.25, -0.2) is 0 Å². The third kappa shape index (κ3) is 1.94. The number of carbonyl (C=O) groups excluding carboxylic acids is 2. The minimum absolute atomic E-state index is 0.0697. The second kappa shape index (κ2) is 4.47. The average Bonchev–Trinajstić information content (AvgIpc) is 3.12. The van der Waals surface area contributed by atoms with Crippen LogP contribution in [0.5, 0.6) is 0 Å². The van der Waals surface area contributed by atoms with Crippen LogP contribution in [0.15, 0.2) is 0 Å². The summed E-state index contributed by atoms with van der Waals surface area (Å²) in [5, 5.41) is 2.90. The lowest BCUT2D eigenvalue weighted by Gasteiger charge is -2.47. The van der Waals surface area contributed by atoms with Crippen LogP contribution in [-0.4, -0.2) is 34.8 Å². The fraction of sp³-hybridized carbons (Fsp3) is 0.882. The van der Waals surface area contributed by atoms with Crippen LogP contribution in [-0.2, 0) is 9.59 Å². The third-order valence-electron chi connectivity index (χ3n) is 6.68. The molecule has 5 atom stereocenters. The van der Waals surface area contributed by atoms with Gasteiger partial charge in [0.2, 0.25) is 11.8 Å². The zero-order chi connectivity index (χ0) is 14.8. The molecule has 5 unspecified atom stereocenters. The van der Waals surface area contributed by atoms with Crippen molar-refractivity contribution in [1.82, 2.24) is 10.2 Å². The topological polar surface area (TPSA) is 49.4 Å². The van der Waals surface area contributed by atoms with Gasteiger partial charge in [-0.3, -0.25) is 9.59 Å². The molecule has 0 aromatic rings. The molecule has 3 aliphatic carbocycles. The van der Waals surface area contributed by atoms with E-state index < -0.39 is 5.54 Å². The summed E-state index contributed by atoms with van der Waals surface area (Å²) in [4.78, 5) is 27.3. The summed E-state index contributed by atoms with van der Waals surface area (Å²) in [5.74, 6) is 2.88. The molecule has 0 aromatic carbocycles. The van der Waals surface area contributed by atoms with E-state index in [0.717, 1.165) is 31.2 Å². The Hall–Kier alpha value is -1.06. The summed E-state index contributed by atoms with van der Waals surface area (Å²) in [6.45, 7) is 4.63. The van der Waals surface area contributed by atoms with Crippen molar-refractivity contribution in [3.8, 4) is 0 Å².